The third-order valence-electron chi connectivity index (χ3n) is 7.50. The molecule has 9 heteroatoms. The number of imidazole rings is 1. The Hall–Kier alpha value is -4.50. The second-order valence-corrected chi connectivity index (χ2v) is 10.8. The zero-order chi connectivity index (χ0) is 31.8. The standard InChI is InChI=1S/C36H34F5N3O/c1-2-3-22-44-32(33(28-10-6-4-7-11-28)42-34(44)29-12-8-5-9-13-29)25-43(23-26-14-18-30(19-15-26)36(39,40)41)24-27-16-20-31(21-17-27)45-35(37)38/h4-21,35H,2-3,22-25H2,1H3. The third kappa shape index (κ3) is 8.36. The van der Waals surface area contributed by atoms with Gasteiger partial charge in [0.1, 0.15) is 11.6 Å². The van der Waals surface area contributed by atoms with Crippen molar-refractivity contribution in [1.29, 1.82) is 0 Å². The van der Waals surface area contributed by atoms with Gasteiger partial charge < -0.3 is 9.30 Å². The molecule has 0 bridgehead atoms. The SMILES string of the molecule is CCCCn1c(-c2ccccc2)nc(-c2ccccc2)c1CN(Cc1ccc(OC(F)F)cc1)Cc1ccc(C(F)(F)F)cc1. The topological polar surface area (TPSA) is 30.3 Å². The largest absolute Gasteiger partial charge is 0.435 e. The molecule has 5 rings (SSSR count). The molecule has 4 nitrogen and oxygen atoms in total. The predicted molar refractivity (Wildman–Crippen MR) is 165 cm³/mol. The van der Waals surface area contributed by atoms with Gasteiger partial charge in [0.25, 0.3) is 0 Å². The molecular formula is C36H34F5N3O. The van der Waals surface area contributed by atoms with Crippen LogP contribution in [0.2, 0.25) is 0 Å². The van der Waals surface area contributed by atoms with Crippen LogP contribution in [0.4, 0.5) is 22.0 Å². The molecule has 0 saturated heterocycles. The van der Waals surface area contributed by atoms with Crippen molar-refractivity contribution in [1.82, 2.24) is 14.5 Å². The van der Waals surface area contributed by atoms with Gasteiger partial charge in [0.2, 0.25) is 0 Å². The highest BCUT2D eigenvalue weighted by atomic mass is 19.4. The summed E-state index contributed by atoms with van der Waals surface area (Å²) in [5.74, 6) is 0.903. The number of rotatable bonds is 13. The fraction of sp³-hybridized carbons (Fsp3) is 0.250. The number of ether oxygens (including phenoxy) is 1. The summed E-state index contributed by atoms with van der Waals surface area (Å²) in [4.78, 5) is 7.30. The van der Waals surface area contributed by atoms with E-state index >= 15 is 0 Å². The molecule has 0 N–H and O–H groups in total. The lowest BCUT2D eigenvalue weighted by Crippen LogP contribution is -2.24. The molecule has 0 fully saturated rings. The van der Waals surface area contributed by atoms with Gasteiger partial charge in [-0.25, -0.2) is 4.98 Å². The molecule has 45 heavy (non-hydrogen) atoms. The zero-order valence-electron chi connectivity index (χ0n) is 24.9. The number of nitrogens with zero attached hydrogens (tertiary/aromatic N) is 3. The molecule has 0 aliphatic carbocycles. The van der Waals surface area contributed by atoms with Gasteiger partial charge in [0, 0.05) is 37.3 Å². The fourth-order valence-corrected chi connectivity index (χ4v) is 5.31. The minimum atomic E-state index is -4.43. The normalized spacial score (nSPS) is 11.8. The Morgan fingerprint density at radius 2 is 1.29 bits per heavy atom. The molecule has 1 heterocycles. The highest BCUT2D eigenvalue weighted by Gasteiger charge is 2.30. The maximum atomic E-state index is 13.3. The van der Waals surface area contributed by atoms with E-state index in [2.05, 4.69) is 21.1 Å². The van der Waals surface area contributed by atoms with E-state index < -0.39 is 18.4 Å². The monoisotopic (exact) mass is 619 g/mol. The van der Waals surface area contributed by atoms with Gasteiger partial charge in [-0.05, 0) is 41.8 Å². The number of aromatic nitrogens is 2. The fourth-order valence-electron chi connectivity index (χ4n) is 5.31. The summed E-state index contributed by atoms with van der Waals surface area (Å²) in [6.45, 7) is 1.14. The quantitative estimate of drug-likeness (QED) is 0.123. The first-order chi connectivity index (χ1) is 21.7. The van der Waals surface area contributed by atoms with E-state index in [1.165, 1.54) is 24.3 Å². The summed E-state index contributed by atoms with van der Waals surface area (Å²) in [5.41, 5.74) is 4.62. The molecule has 1 aromatic heterocycles. The Morgan fingerprint density at radius 1 is 0.733 bits per heavy atom. The second kappa shape index (κ2) is 14.5. The van der Waals surface area contributed by atoms with Crippen LogP contribution in [0, 0.1) is 0 Å². The minimum absolute atomic E-state index is 0.0551. The molecule has 4 aromatic carbocycles. The predicted octanol–water partition coefficient (Wildman–Crippen LogP) is 9.84. The molecule has 0 unspecified atom stereocenters. The second-order valence-electron chi connectivity index (χ2n) is 10.8. The minimum Gasteiger partial charge on any atom is -0.435 e. The van der Waals surface area contributed by atoms with Gasteiger partial charge in [-0.1, -0.05) is 98.3 Å². The molecule has 0 radical (unpaired) electrons. The molecule has 0 saturated carbocycles. The van der Waals surface area contributed by atoms with E-state index in [1.54, 1.807) is 12.1 Å². The van der Waals surface area contributed by atoms with Gasteiger partial charge >= 0.3 is 12.8 Å². The summed E-state index contributed by atoms with van der Waals surface area (Å²) in [6, 6.07) is 31.5. The molecular weight excluding hydrogens is 585 g/mol. The number of halogens is 5. The van der Waals surface area contributed by atoms with Crippen LogP contribution in [0.25, 0.3) is 22.6 Å². The number of alkyl halides is 5. The van der Waals surface area contributed by atoms with Crippen LogP contribution in [0.1, 0.15) is 42.1 Å². The molecule has 234 valence electrons. The van der Waals surface area contributed by atoms with Crippen LogP contribution < -0.4 is 4.74 Å². The van der Waals surface area contributed by atoms with Crippen LogP contribution >= 0.6 is 0 Å². The van der Waals surface area contributed by atoms with E-state index in [9.17, 15) is 22.0 Å². The Kier molecular flexibility index (Phi) is 10.3. The Balaban J connectivity index is 1.57. The number of hydrogen-bond donors (Lipinski definition) is 0. The average molecular weight is 620 g/mol. The smallest absolute Gasteiger partial charge is 0.416 e. The Bertz CT molecular complexity index is 1640. The van der Waals surface area contributed by atoms with E-state index in [1.807, 2.05) is 60.7 Å². The summed E-state index contributed by atoms with van der Waals surface area (Å²) >= 11 is 0. The molecule has 0 aliphatic heterocycles. The van der Waals surface area contributed by atoms with Crippen molar-refractivity contribution in [2.24, 2.45) is 0 Å². The highest BCUT2D eigenvalue weighted by molar-refractivity contribution is 5.68. The molecule has 5 aromatic rings. The summed E-state index contributed by atoms with van der Waals surface area (Å²) in [6.07, 6.45) is -2.51. The van der Waals surface area contributed by atoms with Crippen LogP contribution in [0.3, 0.4) is 0 Å². The van der Waals surface area contributed by atoms with Crippen molar-refractivity contribution in [3.63, 3.8) is 0 Å². The van der Waals surface area contributed by atoms with Gasteiger partial charge in [-0.3, -0.25) is 4.90 Å². The summed E-state index contributed by atoms with van der Waals surface area (Å²) < 4.78 is 72.1. The van der Waals surface area contributed by atoms with Gasteiger partial charge in [0.05, 0.1) is 17.0 Å². The van der Waals surface area contributed by atoms with E-state index in [0.29, 0.717) is 25.2 Å². The summed E-state index contributed by atoms with van der Waals surface area (Å²) in [5, 5.41) is 0. The van der Waals surface area contributed by atoms with Crippen molar-refractivity contribution >= 4 is 0 Å². The first-order valence-electron chi connectivity index (χ1n) is 14.8. The Morgan fingerprint density at radius 3 is 1.82 bits per heavy atom. The number of unbranched alkanes of at least 4 members (excludes halogenated alkanes) is 1. The number of benzene rings is 4. The maximum absolute atomic E-state index is 13.3. The molecule has 0 spiro atoms. The van der Waals surface area contributed by atoms with E-state index in [0.717, 1.165) is 65.4 Å². The van der Waals surface area contributed by atoms with Crippen molar-refractivity contribution in [3.8, 4) is 28.4 Å². The molecule has 0 amide bonds. The van der Waals surface area contributed by atoms with Crippen molar-refractivity contribution in [2.45, 2.75) is 58.7 Å². The van der Waals surface area contributed by atoms with Gasteiger partial charge in [0.15, 0.2) is 0 Å². The maximum Gasteiger partial charge on any atom is 0.416 e. The van der Waals surface area contributed by atoms with Gasteiger partial charge in [-0.2, -0.15) is 22.0 Å². The van der Waals surface area contributed by atoms with E-state index in [-0.39, 0.29) is 5.75 Å². The van der Waals surface area contributed by atoms with Crippen LogP contribution in [0.5, 0.6) is 5.75 Å². The van der Waals surface area contributed by atoms with Gasteiger partial charge in [-0.15, -0.1) is 0 Å². The lowest BCUT2D eigenvalue weighted by atomic mass is 10.1. The van der Waals surface area contributed by atoms with Crippen molar-refractivity contribution < 1.29 is 26.7 Å². The summed E-state index contributed by atoms with van der Waals surface area (Å²) in [7, 11) is 0. The number of hydrogen-bond acceptors (Lipinski definition) is 3. The third-order valence-corrected chi connectivity index (χ3v) is 7.50. The highest BCUT2D eigenvalue weighted by Crippen LogP contribution is 2.33. The zero-order valence-corrected chi connectivity index (χ0v) is 24.9. The van der Waals surface area contributed by atoms with Crippen LogP contribution in [-0.2, 0) is 32.4 Å². The van der Waals surface area contributed by atoms with Crippen LogP contribution in [-0.4, -0.2) is 21.1 Å². The first kappa shape index (κ1) is 31.9. The van der Waals surface area contributed by atoms with E-state index in [4.69, 9.17) is 4.98 Å². The lowest BCUT2D eigenvalue weighted by molar-refractivity contribution is -0.137. The molecule has 0 aliphatic rings. The lowest BCUT2D eigenvalue weighted by Gasteiger charge is -2.25. The van der Waals surface area contributed by atoms with Crippen molar-refractivity contribution in [2.75, 3.05) is 0 Å². The average Bonchev–Trinajstić information content (AvgIpc) is 3.39. The van der Waals surface area contributed by atoms with Crippen LogP contribution in [0.15, 0.2) is 109 Å². The molecule has 0 atom stereocenters. The Labute approximate surface area is 259 Å². The first-order valence-corrected chi connectivity index (χ1v) is 14.8. The van der Waals surface area contributed by atoms with Crippen molar-refractivity contribution in [3.05, 3.63) is 132 Å².